The Balaban J connectivity index is 1.69. The summed E-state index contributed by atoms with van der Waals surface area (Å²) >= 11 is 0. The Morgan fingerprint density at radius 1 is 1.16 bits per heavy atom. The number of hydrazine groups is 1. The van der Waals surface area contributed by atoms with Crippen LogP contribution in [0, 0.1) is 19.8 Å². The summed E-state index contributed by atoms with van der Waals surface area (Å²) in [5.74, 6) is 6.09. The van der Waals surface area contributed by atoms with E-state index in [1.165, 1.54) is 21.7 Å². The maximum atomic E-state index is 12.0. The van der Waals surface area contributed by atoms with Crippen molar-refractivity contribution >= 4 is 17.3 Å². The minimum Gasteiger partial charge on any atom is -0.488 e. The van der Waals surface area contributed by atoms with Crippen molar-refractivity contribution in [3.05, 3.63) is 88.0 Å². The molecule has 5 N–H and O–H groups in total. The van der Waals surface area contributed by atoms with Crippen LogP contribution in [-0.2, 0) is 17.9 Å². The molecule has 3 aromatic rings. The van der Waals surface area contributed by atoms with E-state index in [0.29, 0.717) is 17.3 Å². The number of fused-ring (bicyclic) bond motifs is 1. The zero-order chi connectivity index (χ0) is 27.6. The van der Waals surface area contributed by atoms with Gasteiger partial charge in [0, 0.05) is 38.2 Å². The number of aliphatic carboxylic acids is 1. The highest BCUT2D eigenvalue weighted by Gasteiger charge is 2.27. The summed E-state index contributed by atoms with van der Waals surface area (Å²) in [6.45, 7) is 10.8. The van der Waals surface area contributed by atoms with Crippen LogP contribution in [0.3, 0.4) is 0 Å². The SMILES string of the molecule is Cc1ccc(C(CC(=O)O)c2ccc(N(C)N)c(N)c2C)cc1CN1Cc2ccccc2OC(C(C)C)C1. The number of benzene rings is 3. The lowest BCUT2D eigenvalue weighted by atomic mass is 9.84. The Bertz CT molecular complexity index is 1300. The fraction of sp³-hybridized carbons (Fsp3) is 0.387. The largest absolute Gasteiger partial charge is 0.488 e. The number of nitrogens with two attached hydrogens (primary N) is 2. The van der Waals surface area contributed by atoms with Crippen molar-refractivity contribution in [2.24, 2.45) is 11.8 Å². The fourth-order valence-electron chi connectivity index (χ4n) is 5.29. The number of carboxylic acid groups (broad SMARTS) is 1. The molecule has 2 unspecified atom stereocenters. The monoisotopic (exact) mass is 516 g/mol. The van der Waals surface area contributed by atoms with E-state index in [1.54, 1.807) is 7.05 Å². The quantitative estimate of drug-likeness (QED) is 0.214. The summed E-state index contributed by atoms with van der Waals surface area (Å²) < 4.78 is 6.40. The van der Waals surface area contributed by atoms with Crippen molar-refractivity contribution in [2.75, 3.05) is 24.3 Å². The number of hydrogen-bond acceptors (Lipinski definition) is 6. The molecule has 7 nitrogen and oxygen atoms in total. The average Bonchev–Trinajstić information content (AvgIpc) is 3.05. The van der Waals surface area contributed by atoms with Crippen molar-refractivity contribution < 1.29 is 14.6 Å². The van der Waals surface area contributed by atoms with Gasteiger partial charge in [-0.3, -0.25) is 9.69 Å². The van der Waals surface area contributed by atoms with Crippen LogP contribution in [0.1, 0.15) is 59.6 Å². The van der Waals surface area contributed by atoms with Gasteiger partial charge in [0.1, 0.15) is 11.9 Å². The maximum Gasteiger partial charge on any atom is 0.304 e. The number of hydrogen-bond donors (Lipinski definition) is 3. The summed E-state index contributed by atoms with van der Waals surface area (Å²) in [4.78, 5) is 14.4. The second kappa shape index (κ2) is 11.5. The summed E-state index contributed by atoms with van der Waals surface area (Å²) in [5.41, 5.74) is 14.0. The smallest absolute Gasteiger partial charge is 0.304 e. The molecule has 7 heteroatoms. The van der Waals surface area contributed by atoms with Gasteiger partial charge in [-0.2, -0.15) is 0 Å². The molecule has 0 radical (unpaired) electrons. The minimum absolute atomic E-state index is 0.0268. The zero-order valence-electron chi connectivity index (χ0n) is 23.1. The van der Waals surface area contributed by atoms with Crippen molar-refractivity contribution in [2.45, 2.75) is 59.2 Å². The predicted molar refractivity (Wildman–Crippen MR) is 153 cm³/mol. The van der Waals surface area contributed by atoms with Gasteiger partial charge in [0.15, 0.2) is 0 Å². The molecule has 0 spiro atoms. The van der Waals surface area contributed by atoms with Crippen molar-refractivity contribution in [3.8, 4) is 5.75 Å². The normalized spacial score (nSPS) is 16.4. The van der Waals surface area contributed by atoms with Gasteiger partial charge in [-0.05, 0) is 59.7 Å². The Kier molecular flexibility index (Phi) is 8.29. The van der Waals surface area contributed by atoms with Crippen LogP contribution in [0.15, 0.2) is 54.6 Å². The van der Waals surface area contributed by atoms with E-state index in [0.717, 1.165) is 42.1 Å². The molecule has 202 valence electrons. The highest BCUT2D eigenvalue weighted by Crippen LogP contribution is 2.37. The molecule has 0 bridgehead atoms. The molecule has 1 aliphatic heterocycles. The van der Waals surface area contributed by atoms with Crippen LogP contribution in [0.25, 0.3) is 0 Å². The van der Waals surface area contributed by atoms with Crippen molar-refractivity contribution in [1.29, 1.82) is 0 Å². The number of ether oxygens (including phenoxy) is 1. The maximum absolute atomic E-state index is 12.0. The Morgan fingerprint density at radius 3 is 2.58 bits per heavy atom. The lowest BCUT2D eigenvalue weighted by molar-refractivity contribution is -0.137. The van der Waals surface area contributed by atoms with Crippen LogP contribution in [0.5, 0.6) is 5.75 Å². The molecule has 3 aromatic carbocycles. The van der Waals surface area contributed by atoms with E-state index in [2.05, 4.69) is 56.0 Å². The molecule has 4 rings (SSSR count). The molecular formula is C31H40N4O3. The second-order valence-electron chi connectivity index (χ2n) is 10.8. The van der Waals surface area contributed by atoms with Gasteiger partial charge in [-0.15, -0.1) is 0 Å². The molecule has 38 heavy (non-hydrogen) atoms. The number of nitrogen functional groups attached to an aromatic ring is 1. The molecule has 0 aliphatic carbocycles. The molecule has 0 saturated heterocycles. The molecule has 0 fully saturated rings. The van der Waals surface area contributed by atoms with Gasteiger partial charge in [0.05, 0.1) is 17.8 Å². The van der Waals surface area contributed by atoms with Gasteiger partial charge in [0.2, 0.25) is 0 Å². The Labute approximate surface area is 226 Å². The predicted octanol–water partition coefficient (Wildman–Crippen LogP) is 5.22. The topological polar surface area (TPSA) is 105 Å². The fourth-order valence-corrected chi connectivity index (χ4v) is 5.29. The second-order valence-corrected chi connectivity index (χ2v) is 10.8. The van der Waals surface area contributed by atoms with Crippen LogP contribution < -0.4 is 21.3 Å². The number of nitrogens with zero attached hydrogens (tertiary/aromatic N) is 2. The van der Waals surface area contributed by atoms with Gasteiger partial charge in [0.25, 0.3) is 0 Å². The first kappa shape index (κ1) is 27.5. The zero-order valence-corrected chi connectivity index (χ0v) is 23.1. The number of rotatable bonds is 8. The molecule has 1 aliphatic rings. The first-order valence-electron chi connectivity index (χ1n) is 13.2. The third kappa shape index (κ3) is 5.95. The van der Waals surface area contributed by atoms with E-state index in [4.69, 9.17) is 16.3 Å². The van der Waals surface area contributed by atoms with Gasteiger partial charge >= 0.3 is 5.97 Å². The summed E-state index contributed by atoms with van der Waals surface area (Å²) in [6, 6.07) is 18.4. The number of para-hydroxylation sites is 1. The Morgan fingerprint density at radius 2 is 1.89 bits per heavy atom. The number of anilines is 2. The summed E-state index contributed by atoms with van der Waals surface area (Å²) in [6.07, 6.45) is 0.0627. The lowest BCUT2D eigenvalue weighted by Crippen LogP contribution is -2.36. The first-order valence-corrected chi connectivity index (χ1v) is 13.2. The highest BCUT2D eigenvalue weighted by atomic mass is 16.5. The number of carbonyl (C=O) groups is 1. The third-order valence-electron chi connectivity index (χ3n) is 7.66. The van der Waals surface area contributed by atoms with Crippen molar-refractivity contribution in [1.82, 2.24) is 4.90 Å². The van der Waals surface area contributed by atoms with E-state index < -0.39 is 5.97 Å². The number of aryl methyl sites for hydroxylation is 1. The van der Waals surface area contributed by atoms with Crippen LogP contribution in [0.4, 0.5) is 11.4 Å². The molecular weight excluding hydrogens is 476 g/mol. The molecule has 0 saturated carbocycles. The van der Waals surface area contributed by atoms with Crippen LogP contribution in [-0.4, -0.2) is 35.7 Å². The van der Waals surface area contributed by atoms with Gasteiger partial charge < -0.3 is 20.6 Å². The van der Waals surface area contributed by atoms with Gasteiger partial charge in [-0.25, -0.2) is 5.84 Å². The molecule has 0 amide bonds. The highest BCUT2D eigenvalue weighted by molar-refractivity contribution is 5.74. The van der Waals surface area contributed by atoms with Crippen LogP contribution in [0.2, 0.25) is 0 Å². The molecule has 0 aromatic heterocycles. The molecule has 2 atom stereocenters. The summed E-state index contributed by atoms with van der Waals surface area (Å²) in [5, 5.41) is 11.3. The van der Waals surface area contributed by atoms with E-state index >= 15 is 0 Å². The minimum atomic E-state index is -0.851. The number of carboxylic acids is 1. The first-order chi connectivity index (χ1) is 18.0. The standard InChI is InChI=1S/C31H40N4O3/c1-19(2)29-18-35(16-23-8-6-7-9-28(23)38-29)17-24-14-22(11-10-20(24)3)26(15-30(36)37)25-12-13-27(34(5)33)31(32)21(25)4/h6-14,19,26,29H,15-18,32-33H2,1-5H3,(H,36,37). The Hall–Kier alpha value is -3.55. The third-order valence-corrected chi connectivity index (χ3v) is 7.66. The van der Waals surface area contributed by atoms with E-state index in [-0.39, 0.29) is 18.4 Å². The van der Waals surface area contributed by atoms with Crippen molar-refractivity contribution in [3.63, 3.8) is 0 Å². The average molecular weight is 517 g/mol. The summed E-state index contributed by atoms with van der Waals surface area (Å²) in [7, 11) is 1.74. The molecule has 1 heterocycles. The van der Waals surface area contributed by atoms with Crippen LogP contribution >= 0.6 is 0 Å². The van der Waals surface area contributed by atoms with E-state index in [9.17, 15) is 9.90 Å². The van der Waals surface area contributed by atoms with E-state index in [1.807, 2.05) is 31.2 Å². The lowest BCUT2D eigenvalue weighted by Gasteiger charge is -2.27. The van der Waals surface area contributed by atoms with Gasteiger partial charge in [-0.1, -0.05) is 56.3 Å².